The van der Waals surface area contributed by atoms with E-state index in [9.17, 15) is 19.7 Å². The minimum absolute atomic E-state index is 0.0896. The fourth-order valence-electron chi connectivity index (χ4n) is 2.22. The van der Waals surface area contributed by atoms with Crippen molar-refractivity contribution in [3.05, 3.63) is 33.4 Å². The minimum Gasteiger partial charge on any atom is -0.343 e. The van der Waals surface area contributed by atoms with Gasteiger partial charge in [-0.2, -0.15) is 0 Å². The van der Waals surface area contributed by atoms with E-state index in [2.05, 4.69) is 16.6 Å². The summed E-state index contributed by atoms with van der Waals surface area (Å²) in [6.07, 6.45) is 5.61. The van der Waals surface area contributed by atoms with Crippen molar-refractivity contribution in [3.63, 3.8) is 0 Å². The molecule has 1 unspecified atom stereocenters. The lowest BCUT2D eigenvalue weighted by molar-refractivity contribution is -0.456. The van der Waals surface area contributed by atoms with E-state index in [1.807, 2.05) is 27.7 Å². The topological polar surface area (TPSA) is 101 Å². The van der Waals surface area contributed by atoms with Gasteiger partial charge in [0.2, 0.25) is 11.8 Å². The van der Waals surface area contributed by atoms with E-state index in [-0.39, 0.29) is 29.5 Å². The van der Waals surface area contributed by atoms with Crippen LogP contribution in [0.2, 0.25) is 0 Å². The van der Waals surface area contributed by atoms with Gasteiger partial charge in [-0.25, -0.2) is 0 Å². The fraction of sp³-hybridized carbons (Fsp3) is 0.474. The Hall–Kier alpha value is -2.53. The zero-order chi connectivity index (χ0) is 21.0. The van der Waals surface area contributed by atoms with Crippen LogP contribution in [0.15, 0.2) is 17.0 Å². The van der Waals surface area contributed by atoms with E-state index in [1.165, 1.54) is 0 Å². The third-order valence-electron chi connectivity index (χ3n) is 3.34. The molecule has 27 heavy (non-hydrogen) atoms. The molecule has 0 heterocycles. The summed E-state index contributed by atoms with van der Waals surface area (Å²) in [7, 11) is 0. The number of nitrogens with one attached hydrogen (secondary N) is 2. The summed E-state index contributed by atoms with van der Waals surface area (Å²) in [6, 6.07) is 2.67. The Morgan fingerprint density at radius 1 is 1.30 bits per heavy atom. The number of anilines is 1. The Balaban J connectivity index is 0.00000326. The first kappa shape index (κ1) is 24.5. The fourth-order valence-corrected chi connectivity index (χ4v) is 3.03. The molecule has 0 saturated carbocycles. The number of thioether (sulfide) groups is 1. The Morgan fingerprint density at radius 2 is 1.85 bits per heavy atom. The van der Waals surface area contributed by atoms with Gasteiger partial charge in [0.15, 0.2) is 0 Å². The molecule has 1 atom stereocenters. The summed E-state index contributed by atoms with van der Waals surface area (Å²) in [5.74, 6) is 1.50. The zero-order valence-corrected chi connectivity index (χ0v) is 17.2. The molecule has 2 N–H and O–H groups in total. The second-order valence-corrected chi connectivity index (χ2v) is 6.37. The van der Waals surface area contributed by atoms with Gasteiger partial charge in [0, 0.05) is 28.3 Å². The molecular weight excluding hydrogens is 366 g/mol. The van der Waals surface area contributed by atoms with Crippen LogP contribution in [0, 0.1) is 36.3 Å². The van der Waals surface area contributed by atoms with E-state index >= 15 is 0 Å². The van der Waals surface area contributed by atoms with Gasteiger partial charge in [-0.3, -0.25) is 19.7 Å². The van der Waals surface area contributed by atoms with Crippen LogP contribution in [-0.4, -0.2) is 28.7 Å². The molecule has 148 valence electrons. The smallest absolute Gasteiger partial charge is 0.253 e. The molecule has 0 spiro atoms. The number of terminal acetylenes is 1. The van der Waals surface area contributed by atoms with Crippen molar-refractivity contribution in [2.24, 2.45) is 0 Å². The van der Waals surface area contributed by atoms with Gasteiger partial charge in [0.05, 0.1) is 0 Å². The quantitative estimate of drug-likeness (QED) is 0.231. The maximum absolute atomic E-state index is 12.4. The van der Waals surface area contributed by atoms with Crippen molar-refractivity contribution < 1.29 is 14.5 Å². The molecule has 1 rings (SSSR count). The molecule has 0 aliphatic heterocycles. The maximum Gasteiger partial charge on any atom is 0.253 e. The second-order valence-electron chi connectivity index (χ2n) is 5.42. The summed E-state index contributed by atoms with van der Waals surface area (Å²) < 4.78 is 0. The number of carbonyl (C=O) groups is 2. The minimum atomic E-state index is -0.804. The summed E-state index contributed by atoms with van der Waals surface area (Å²) >= 11 is 1.14. The normalized spacial score (nSPS) is 10.7. The molecule has 1 aromatic carbocycles. The van der Waals surface area contributed by atoms with Crippen molar-refractivity contribution in [2.45, 2.75) is 58.4 Å². The summed E-state index contributed by atoms with van der Waals surface area (Å²) in [6.45, 7) is 9.33. The number of rotatable bonds is 8. The number of hydrogen-bond acceptors (Lipinski definition) is 5. The maximum atomic E-state index is 12.4. The lowest BCUT2D eigenvalue weighted by atomic mass is 10.1. The first-order chi connectivity index (χ1) is 12.8. The number of nitrogens with zero attached hydrogens (tertiary/aromatic N) is 1. The third-order valence-corrected chi connectivity index (χ3v) is 4.61. The SMILES string of the molecule is C#CCC(NC(=O)CC)C(=O)Nc1cc(C)c(SC[N+](=O)[O-])c(C)c1.CC. The molecule has 8 heteroatoms. The van der Waals surface area contributed by atoms with Crippen LogP contribution in [0.1, 0.15) is 44.7 Å². The molecule has 0 fully saturated rings. The van der Waals surface area contributed by atoms with Gasteiger partial charge in [-0.1, -0.05) is 20.8 Å². The Kier molecular flexibility index (Phi) is 11.6. The lowest BCUT2D eigenvalue weighted by Gasteiger charge is -2.17. The number of benzene rings is 1. The Bertz CT molecular complexity index is 690. The molecule has 0 saturated heterocycles. The molecular formula is C19H27N3O4S. The molecule has 1 aromatic rings. The van der Waals surface area contributed by atoms with Crippen LogP contribution in [0.25, 0.3) is 0 Å². The van der Waals surface area contributed by atoms with Crippen molar-refractivity contribution in [1.29, 1.82) is 0 Å². The van der Waals surface area contributed by atoms with Crippen LogP contribution in [0.4, 0.5) is 5.69 Å². The van der Waals surface area contributed by atoms with Crippen LogP contribution in [-0.2, 0) is 9.59 Å². The van der Waals surface area contributed by atoms with E-state index in [1.54, 1.807) is 19.1 Å². The summed E-state index contributed by atoms with van der Waals surface area (Å²) in [5, 5.41) is 15.9. The lowest BCUT2D eigenvalue weighted by Crippen LogP contribution is -2.43. The van der Waals surface area contributed by atoms with Crippen molar-refractivity contribution in [2.75, 3.05) is 11.2 Å². The highest BCUT2D eigenvalue weighted by atomic mass is 32.2. The first-order valence-corrected chi connectivity index (χ1v) is 9.66. The van der Waals surface area contributed by atoms with Gasteiger partial charge in [-0.15, -0.1) is 12.3 Å². The van der Waals surface area contributed by atoms with E-state index in [0.29, 0.717) is 5.69 Å². The molecule has 0 aliphatic carbocycles. The van der Waals surface area contributed by atoms with Crippen LogP contribution in [0.5, 0.6) is 0 Å². The third kappa shape index (κ3) is 8.60. The molecule has 0 radical (unpaired) electrons. The van der Waals surface area contributed by atoms with Gasteiger partial charge in [0.25, 0.3) is 5.88 Å². The van der Waals surface area contributed by atoms with Crippen LogP contribution < -0.4 is 10.6 Å². The largest absolute Gasteiger partial charge is 0.343 e. The Morgan fingerprint density at radius 3 is 2.30 bits per heavy atom. The van der Waals surface area contributed by atoms with Gasteiger partial charge in [-0.05, 0) is 48.9 Å². The van der Waals surface area contributed by atoms with Crippen LogP contribution in [0.3, 0.4) is 0 Å². The molecule has 0 aromatic heterocycles. The van der Waals surface area contributed by atoms with Crippen molar-refractivity contribution in [1.82, 2.24) is 5.32 Å². The predicted octanol–water partition coefficient (Wildman–Crippen LogP) is 3.51. The average molecular weight is 394 g/mol. The highest BCUT2D eigenvalue weighted by Gasteiger charge is 2.20. The highest BCUT2D eigenvalue weighted by Crippen LogP contribution is 2.29. The number of aryl methyl sites for hydroxylation is 2. The highest BCUT2D eigenvalue weighted by molar-refractivity contribution is 7.99. The number of nitro groups is 1. The van der Waals surface area contributed by atoms with Gasteiger partial charge < -0.3 is 10.6 Å². The predicted molar refractivity (Wildman–Crippen MR) is 109 cm³/mol. The van der Waals surface area contributed by atoms with Crippen molar-refractivity contribution >= 4 is 29.3 Å². The second kappa shape index (κ2) is 12.8. The summed E-state index contributed by atoms with van der Waals surface area (Å²) in [5.41, 5.74) is 2.21. The van der Waals surface area contributed by atoms with Gasteiger partial charge in [0.1, 0.15) is 6.04 Å². The molecule has 2 amide bonds. The zero-order valence-electron chi connectivity index (χ0n) is 16.4. The Labute approximate surface area is 164 Å². The molecule has 0 aliphatic rings. The first-order valence-electron chi connectivity index (χ1n) is 8.68. The monoisotopic (exact) mass is 393 g/mol. The number of amides is 2. The van der Waals surface area contributed by atoms with E-state index < -0.39 is 11.9 Å². The van der Waals surface area contributed by atoms with E-state index in [0.717, 1.165) is 27.8 Å². The van der Waals surface area contributed by atoms with Gasteiger partial charge >= 0.3 is 0 Å². The summed E-state index contributed by atoms with van der Waals surface area (Å²) in [4.78, 5) is 34.8. The standard InChI is InChI=1S/C17H21N3O4S.C2H6/c1-5-7-14(19-15(21)6-2)17(22)18-13-8-11(3)16(12(4)9-13)25-10-20(23)24;1-2/h1,8-9,14H,6-7,10H2,2-4H3,(H,18,22)(H,19,21);1-2H3. The molecule has 0 bridgehead atoms. The number of carbonyl (C=O) groups excluding carboxylic acids is 2. The van der Waals surface area contributed by atoms with Crippen molar-refractivity contribution in [3.8, 4) is 12.3 Å². The average Bonchev–Trinajstić information content (AvgIpc) is 2.61. The molecule has 7 nitrogen and oxygen atoms in total. The number of hydrogen-bond donors (Lipinski definition) is 2. The van der Waals surface area contributed by atoms with E-state index in [4.69, 9.17) is 6.42 Å². The van der Waals surface area contributed by atoms with Crippen LogP contribution >= 0.6 is 11.8 Å².